The molecule has 1 N–H and O–H groups in total. The van der Waals surface area contributed by atoms with Crippen molar-refractivity contribution in [3.63, 3.8) is 0 Å². The van der Waals surface area contributed by atoms with Gasteiger partial charge in [-0.1, -0.05) is 30.3 Å². The Bertz CT molecular complexity index is 548. The molecule has 0 spiro atoms. The van der Waals surface area contributed by atoms with Gasteiger partial charge in [0.05, 0.1) is 6.20 Å². The predicted octanol–water partition coefficient (Wildman–Crippen LogP) is 2.72. The maximum absolute atomic E-state index is 4.50. The second-order valence-electron chi connectivity index (χ2n) is 5.86. The maximum Gasteiger partial charge on any atom is 0.247 e. The van der Waals surface area contributed by atoms with E-state index >= 15 is 0 Å². The molecule has 1 aromatic carbocycles. The Morgan fingerprint density at radius 1 is 1.15 bits per heavy atom. The summed E-state index contributed by atoms with van der Waals surface area (Å²) in [5, 5.41) is 11.4. The summed E-state index contributed by atoms with van der Waals surface area (Å²) in [6, 6.07) is 10.2. The van der Waals surface area contributed by atoms with Crippen LogP contribution in [0.5, 0.6) is 0 Å². The minimum absolute atomic E-state index is 0.0503. The zero-order valence-electron chi connectivity index (χ0n) is 12.5. The molecule has 0 aliphatic rings. The Labute approximate surface area is 120 Å². The Morgan fingerprint density at radius 3 is 2.50 bits per heavy atom. The van der Waals surface area contributed by atoms with Gasteiger partial charge in [-0.2, -0.15) is 10.1 Å². The normalized spacial score (nSPS) is 11.2. The smallest absolute Gasteiger partial charge is 0.247 e. The summed E-state index contributed by atoms with van der Waals surface area (Å²) in [6.07, 6.45) is 1.64. The van der Waals surface area contributed by atoms with E-state index in [1.807, 2.05) is 30.1 Å². The highest BCUT2D eigenvalue weighted by Gasteiger charge is 2.12. The van der Waals surface area contributed by atoms with E-state index in [0.717, 1.165) is 12.4 Å². The van der Waals surface area contributed by atoms with Crippen molar-refractivity contribution in [3.8, 4) is 0 Å². The Morgan fingerprint density at radius 2 is 1.85 bits per heavy atom. The second-order valence-corrected chi connectivity index (χ2v) is 5.86. The average molecular weight is 271 g/mol. The fourth-order valence-corrected chi connectivity index (χ4v) is 1.83. The first kappa shape index (κ1) is 14.2. The van der Waals surface area contributed by atoms with Gasteiger partial charge in [0.2, 0.25) is 5.95 Å². The van der Waals surface area contributed by atoms with Crippen molar-refractivity contribution in [2.24, 2.45) is 0 Å². The van der Waals surface area contributed by atoms with Crippen LogP contribution in [0, 0.1) is 0 Å². The molecule has 0 amide bonds. The first-order valence-corrected chi connectivity index (χ1v) is 6.67. The SMILES string of the molecule is CN(Cc1ccccc1)c1nncc(NC(C)(C)C)n1. The number of nitrogens with one attached hydrogen (secondary N) is 1. The van der Waals surface area contributed by atoms with Crippen LogP contribution >= 0.6 is 0 Å². The zero-order chi connectivity index (χ0) is 14.6. The lowest BCUT2D eigenvalue weighted by Gasteiger charge is -2.22. The van der Waals surface area contributed by atoms with Crippen LogP contribution in [0.2, 0.25) is 0 Å². The summed E-state index contributed by atoms with van der Waals surface area (Å²) in [7, 11) is 1.96. The minimum Gasteiger partial charge on any atom is -0.364 e. The maximum atomic E-state index is 4.50. The summed E-state index contributed by atoms with van der Waals surface area (Å²) in [6.45, 7) is 7.01. The van der Waals surface area contributed by atoms with Gasteiger partial charge < -0.3 is 10.2 Å². The summed E-state index contributed by atoms with van der Waals surface area (Å²) in [4.78, 5) is 6.48. The lowest BCUT2D eigenvalue weighted by Crippen LogP contribution is -2.28. The quantitative estimate of drug-likeness (QED) is 0.926. The molecule has 2 rings (SSSR count). The van der Waals surface area contributed by atoms with Crippen LogP contribution in [-0.4, -0.2) is 27.8 Å². The molecule has 0 bridgehead atoms. The lowest BCUT2D eigenvalue weighted by molar-refractivity contribution is 0.628. The van der Waals surface area contributed by atoms with Gasteiger partial charge in [0, 0.05) is 19.1 Å². The van der Waals surface area contributed by atoms with Crippen LogP contribution in [0.3, 0.4) is 0 Å². The molecule has 0 saturated carbocycles. The van der Waals surface area contributed by atoms with E-state index in [1.54, 1.807) is 6.20 Å². The van der Waals surface area contributed by atoms with Gasteiger partial charge in [-0.05, 0) is 26.3 Å². The van der Waals surface area contributed by atoms with E-state index in [2.05, 4.69) is 53.4 Å². The van der Waals surface area contributed by atoms with E-state index in [4.69, 9.17) is 0 Å². The molecule has 20 heavy (non-hydrogen) atoms. The number of anilines is 2. The molecule has 0 atom stereocenters. The number of aromatic nitrogens is 3. The summed E-state index contributed by atoms with van der Waals surface area (Å²) in [5.74, 6) is 1.35. The summed E-state index contributed by atoms with van der Waals surface area (Å²) in [5.41, 5.74) is 1.17. The van der Waals surface area contributed by atoms with Crippen molar-refractivity contribution in [1.82, 2.24) is 15.2 Å². The van der Waals surface area contributed by atoms with Crippen LogP contribution in [0.4, 0.5) is 11.8 Å². The van der Waals surface area contributed by atoms with Gasteiger partial charge in [0.15, 0.2) is 5.82 Å². The number of hydrogen-bond donors (Lipinski definition) is 1. The van der Waals surface area contributed by atoms with Gasteiger partial charge in [-0.15, -0.1) is 5.10 Å². The number of benzene rings is 1. The molecule has 1 aromatic heterocycles. The molecular weight excluding hydrogens is 250 g/mol. The van der Waals surface area contributed by atoms with E-state index in [9.17, 15) is 0 Å². The third-order valence-corrected chi connectivity index (χ3v) is 2.65. The number of nitrogens with zero attached hydrogens (tertiary/aromatic N) is 4. The average Bonchev–Trinajstić information content (AvgIpc) is 2.38. The van der Waals surface area contributed by atoms with Crippen molar-refractivity contribution in [2.45, 2.75) is 32.9 Å². The molecule has 0 aliphatic carbocycles. The highest BCUT2D eigenvalue weighted by molar-refractivity contribution is 5.40. The second kappa shape index (κ2) is 5.86. The topological polar surface area (TPSA) is 53.9 Å². The molecular formula is C15H21N5. The van der Waals surface area contributed by atoms with Gasteiger partial charge in [0.25, 0.3) is 0 Å². The van der Waals surface area contributed by atoms with Crippen LogP contribution < -0.4 is 10.2 Å². The minimum atomic E-state index is -0.0503. The molecule has 2 aromatic rings. The molecule has 106 valence electrons. The number of hydrogen-bond acceptors (Lipinski definition) is 5. The van der Waals surface area contributed by atoms with Crippen LogP contribution in [-0.2, 0) is 6.54 Å². The summed E-state index contributed by atoms with van der Waals surface area (Å²) < 4.78 is 0. The van der Waals surface area contributed by atoms with Crippen LogP contribution in [0.1, 0.15) is 26.3 Å². The molecule has 0 radical (unpaired) electrons. The number of rotatable bonds is 4. The first-order valence-electron chi connectivity index (χ1n) is 6.67. The van der Waals surface area contributed by atoms with Crippen molar-refractivity contribution in [1.29, 1.82) is 0 Å². The Kier molecular flexibility index (Phi) is 4.17. The molecule has 0 aliphatic heterocycles. The molecule has 1 heterocycles. The van der Waals surface area contributed by atoms with E-state index in [-0.39, 0.29) is 5.54 Å². The van der Waals surface area contributed by atoms with Gasteiger partial charge >= 0.3 is 0 Å². The molecule has 0 unspecified atom stereocenters. The largest absolute Gasteiger partial charge is 0.364 e. The van der Waals surface area contributed by atoms with Crippen LogP contribution in [0.15, 0.2) is 36.5 Å². The van der Waals surface area contributed by atoms with Crippen LogP contribution in [0.25, 0.3) is 0 Å². The lowest BCUT2D eigenvalue weighted by atomic mass is 10.1. The zero-order valence-corrected chi connectivity index (χ0v) is 12.5. The van der Waals surface area contributed by atoms with Gasteiger partial charge in [-0.3, -0.25) is 0 Å². The highest BCUT2D eigenvalue weighted by atomic mass is 15.3. The molecule has 5 heteroatoms. The van der Waals surface area contributed by atoms with Gasteiger partial charge in [-0.25, -0.2) is 0 Å². The van der Waals surface area contributed by atoms with Crippen molar-refractivity contribution >= 4 is 11.8 Å². The van der Waals surface area contributed by atoms with E-state index in [0.29, 0.717) is 5.95 Å². The third-order valence-electron chi connectivity index (χ3n) is 2.65. The molecule has 0 fully saturated rings. The fourth-order valence-electron chi connectivity index (χ4n) is 1.83. The van der Waals surface area contributed by atoms with E-state index < -0.39 is 0 Å². The highest BCUT2D eigenvalue weighted by Crippen LogP contribution is 2.14. The van der Waals surface area contributed by atoms with E-state index in [1.165, 1.54) is 5.56 Å². The first-order chi connectivity index (χ1) is 9.44. The van der Waals surface area contributed by atoms with Crippen molar-refractivity contribution in [2.75, 3.05) is 17.3 Å². The Hall–Kier alpha value is -2.17. The van der Waals surface area contributed by atoms with Crippen molar-refractivity contribution in [3.05, 3.63) is 42.1 Å². The summed E-state index contributed by atoms with van der Waals surface area (Å²) >= 11 is 0. The van der Waals surface area contributed by atoms with Crippen molar-refractivity contribution < 1.29 is 0 Å². The van der Waals surface area contributed by atoms with Gasteiger partial charge in [0.1, 0.15) is 0 Å². The predicted molar refractivity (Wildman–Crippen MR) is 81.8 cm³/mol. The molecule has 0 saturated heterocycles. The third kappa shape index (κ3) is 4.19. The standard InChI is InChI=1S/C15H21N5/c1-15(2,3)18-13-10-16-19-14(17-13)20(4)11-12-8-6-5-7-9-12/h5-10H,11H2,1-4H3,(H,17,18,19). The molecule has 5 nitrogen and oxygen atoms in total. The Balaban J connectivity index is 2.10. The monoisotopic (exact) mass is 271 g/mol. The fraction of sp³-hybridized carbons (Fsp3) is 0.400.